The molecule has 20 heavy (non-hydrogen) atoms. The lowest BCUT2D eigenvalue weighted by atomic mass is 9.91. The number of hydrogen-bond donors (Lipinski definition) is 2. The Kier molecular flexibility index (Phi) is 5.39. The van der Waals surface area contributed by atoms with Gasteiger partial charge < -0.3 is 10.4 Å². The number of carbonyl (C=O) groups is 2. The van der Waals surface area contributed by atoms with Crippen molar-refractivity contribution in [2.24, 2.45) is 5.41 Å². The molecule has 110 valence electrons. The normalized spacial score (nSPS) is 12.8. The van der Waals surface area contributed by atoms with Gasteiger partial charge in [-0.3, -0.25) is 9.59 Å². The summed E-state index contributed by atoms with van der Waals surface area (Å²) in [4.78, 5) is 23.3. The van der Waals surface area contributed by atoms with Crippen molar-refractivity contribution < 1.29 is 19.1 Å². The van der Waals surface area contributed by atoms with Crippen LogP contribution in [0.5, 0.6) is 0 Å². The second-order valence-electron chi connectivity index (χ2n) is 5.72. The van der Waals surface area contributed by atoms with E-state index in [1.54, 1.807) is 26.8 Å². The van der Waals surface area contributed by atoms with Gasteiger partial charge in [-0.25, -0.2) is 4.39 Å². The quantitative estimate of drug-likeness (QED) is 0.867. The molecule has 1 unspecified atom stereocenters. The van der Waals surface area contributed by atoms with Crippen LogP contribution < -0.4 is 5.32 Å². The largest absolute Gasteiger partial charge is 0.388 e. The first-order valence-electron chi connectivity index (χ1n) is 6.43. The number of benzene rings is 1. The highest BCUT2D eigenvalue weighted by atomic mass is 19.1. The summed E-state index contributed by atoms with van der Waals surface area (Å²) in [6.45, 7) is 5.23. The van der Waals surface area contributed by atoms with Crippen molar-refractivity contribution in [3.8, 4) is 0 Å². The van der Waals surface area contributed by atoms with Crippen LogP contribution in [0, 0.1) is 11.2 Å². The molecule has 1 rings (SSSR count). The number of ketones is 1. The second-order valence-corrected chi connectivity index (χ2v) is 5.72. The maximum atomic E-state index is 13.0. The number of halogens is 1. The zero-order chi connectivity index (χ0) is 15.3. The van der Waals surface area contributed by atoms with Crippen molar-refractivity contribution in [2.45, 2.75) is 33.3 Å². The van der Waals surface area contributed by atoms with Gasteiger partial charge >= 0.3 is 0 Å². The molecule has 0 heterocycles. The maximum absolute atomic E-state index is 13.0. The molecule has 4 nitrogen and oxygen atoms in total. The fourth-order valence-electron chi connectivity index (χ4n) is 1.52. The highest BCUT2D eigenvalue weighted by molar-refractivity contribution is 5.89. The molecule has 0 saturated heterocycles. The van der Waals surface area contributed by atoms with Crippen molar-refractivity contribution >= 4 is 11.7 Å². The first kappa shape index (κ1) is 16.3. The average molecular weight is 281 g/mol. The minimum atomic E-state index is -1.09. The molecular formula is C15H20FNO3. The predicted octanol–water partition coefficient (Wildman–Crippen LogP) is 1.98. The summed E-state index contributed by atoms with van der Waals surface area (Å²) in [7, 11) is 0. The zero-order valence-electron chi connectivity index (χ0n) is 11.9. The Labute approximate surface area is 118 Å². The van der Waals surface area contributed by atoms with Gasteiger partial charge in [0.1, 0.15) is 5.82 Å². The number of amides is 1. The third-order valence-corrected chi connectivity index (χ3v) is 2.89. The molecule has 2 N–H and O–H groups in total. The summed E-state index contributed by atoms with van der Waals surface area (Å²) in [6.07, 6.45) is -1.30. The van der Waals surface area contributed by atoms with Gasteiger partial charge in [0.25, 0.3) is 0 Å². The molecule has 5 heteroatoms. The van der Waals surface area contributed by atoms with E-state index in [1.807, 2.05) is 0 Å². The molecule has 0 aliphatic rings. The Morgan fingerprint density at radius 1 is 1.35 bits per heavy atom. The summed E-state index contributed by atoms with van der Waals surface area (Å²) >= 11 is 0. The van der Waals surface area contributed by atoms with Crippen LogP contribution in [0.4, 0.5) is 4.39 Å². The van der Waals surface area contributed by atoms with Crippen molar-refractivity contribution in [2.75, 3.05) is 6.54 Å². The van der Waals surface area contributed by atoms with E-state index < -0.39 is 23.2 Å². The molecule has 0 saturated carbocycles. The molecule has 0 aliphatic heterocycles. The van der Waals surface area contributed by atoms with E-state index in [-0.39, 0.29) is 18.7 Å². The number of nitrogens with one attached hydrogen (secondary N) is 1. The van der Waals surface area contributed by atoms with Crippen molar-refractivity contribution in [3.63, 3.8) is 0 Å². The summed E-state index contributed by atoms with van der Waals surface area (Å²) in [5.41, 5.74) is -0.184. The molecule has 0 radical (unpaired) electrons. The third-order valence-electron chi connectivity index (χ3n) is 2.89. The summed E-state index contributed by atoms with van der Waals surface area (Å²) < 4.78 is 13.0. The Morgan fingerprint density at radius 3 is 2.55 bits per heavy atom. The molecule has 0 fully saturated rings. The molecule has 0 aliphatic carbocycles. The Bertz CT molecular complexity index is 494. The molecule has 1 aromatic rings. The topological polar surface area (TPSA) is 66.4 Å². The van der Waals surface area contributed by atoms with E-state index in [9.17, 15) is 19.1 Å². The lowest BCUT2D eigenvalue weighted by molar-refractivity contribution is -0.129. The van der Waals surface area contributed by atoms with Crippen LogP contribution in [0.2, 0.25) is 0 Å². The molecule has 0 aromatic heterocycles. The maximum Gasteiger partial charge on any atom is 0.223 e. The van der Waals surface area contributed by atoms with Gasteiger partial charge in [0, 0.05) is 5.41 Å². The molecule has 1 atom stereocenters. The van der Waals surface area contributed by atoms with Gasteiger partial charge in [-0.05, 0) is 17.7 Å². The van der Waals surface area contributed by atoms with Crippen LogP contribution in [0.3, 0.4) is 0 Å². The number of rotatable bonds is 5. The molecule has 1 amide bonds. The number of aliphatic hydroxyl groups is 1. The van der Waals surface area contributed by atoms with E-state index >= 15 is 0 Å². The predicted molar refractivity (Wildman–Crippen MR) is 73.4 cm³/mol. The number of carbonyl (C=O) groups excluding carboxylic acids is 2. The minimum absolute atomic E-state index is 0.0712. The standard InChI is InChI=1S/C15H20FNO3/c1-15(2,3)13(19)9-17-14(20)8-12(18)10-5-4-6-11(16)7-10/h4-7,12,18H,8-9H2,1-3H3,(H,17,20). The highest BCUT2D eigenvalue weighted by Gasteiger charge is 2.22. The molecular weight excluding hydrogens is 261 g/mol. The van der Waals surface area contributed by atoms with Crippen LogP contribution in [-0.4, -0.2) is 23.3 Å². The Morgan fingerprint density at radius 2 is 2.00 bits per heavy atom. The Hall–Kier alpha value is -1.75. The smallest absolute Gasteiger partial charge is 0.223 e. The summed E-state index contributed by atoms with van der Waals surface area (Å²) in [5.74, 6) is -1.00. The van der Waals surface area contributed by atoms with E-state index in [4.69, 9.17) is 0 Å². The van der Waals surface area contributed by atoms with Gasteiger partial charge in [0.15, 0.2) is 5.78 Å². The lowest BCUT2D eigenvalue weighted by Gasteiger charge is -2.17. The molecule has 1 aromatic carbocycles. The first-order valence-corrected chi connectivity index (χ1v) is 6.43. The fourth-order valence-corrected chi connectivity index (χ4v) is 1.52. The lowest BCUT2D eigenvalue weighted by Crippen LogP contribution is -2.36. The van der Waals surface area contributed by atoms with Crippen LogP contribution in [-0.2, 0) is 9.59 Å². The monoisotopic (exact) mass is 281 g/mol. The van der Waals surface area contributed by atoms with Crippen LogP contribution in [0.25, 0.3) is 0 Å². The average Bonchev–Trinajstić information content (AvgIpc) is 2.34. The molecule has 0 spiro atoms. The first-order chi connectivity index (χ1) is 9.20. The Balaban J connectivity index is 2.49. The third kappa shape index (κ3) is 5.09. The number of aliphatic hydroxyl groups excluding tert-OH is 1. The SMILES string of the molecule is CC(C)(C)C(=O)CNC(=O)CC(O)c1cccc(F)c1. The van der Waals surface area contributed by atoms with Gasteiger partial charge in [-0.2, -0.15) is 0 Å². The highest BCUT2D eigenvalue weighted by Crippen LogP contribution is 2.17. The van der Waals surface area contributed by atoms with E-state index in [0.717, 1.165) is 0 Å². The van der Waals surface area contributed by atoms with Crippen molar-refractivity contribution in [1.82, 2.24) is 5.32 Å². The fraction of sp³-hybridized carbons (Fsp3) is 0.467. The van der Waals surface area contributed by atoms with Crippen LogP contribution >= 0.6 is 0 Å². The van der Waals surface area contributed by atoms with Gasteiger partial charge in [-0.15, -0.1) is 0 Å². The van der Waals surface area contributed by atoms with Gasteiger partial charge in [0.05, 0.1) is 19.1 Å². The second kappa shape index (κ2) is 6.61. The number of Topliss-reactive ketones (excluding diaryl/α,β-unsaturated/α-hetero) is 1. The van der Waals surface area contributed by atoms with Crippen LogP contribution in [0.15, 0.2) is 24.3 Å². The summed E-state index contributed by atoms with van der Waals surface area (Å²) in [6, 6.07) is 5.45. The van der Waals surface area contributed by atoms with Crippen LogP contribution in [0.1, 0.15) is 38.9 Å². The van der Waals surface area contributed by atoms with E-state index in [1.165, 1.54) is 18.2 Å². The number of hydrogen-bond acceptors (Lipinski definition) is 3. The van der Waals surface area contributed by atoms with E-state index in [2.05, 4.69) is 5.32 Å². The molecule has 0 bridgehead atoms. The summed E-state index contributed by atoms with van der Waals surface area (Å²) in [5, 5.41) is 12.3. The van der Waals surface area contributed by atoms with Crippen molar-refractivity contribution in [1.29, 1.82) is 0 Å². The van der Waals surface area contributed by atoms with Crippen molar-refractivity contribution in [3.05, 3.63) is 35.6 Å². The van der Waals surface area contributed by atoms with E-state index in [0.29, 0.717) is 5.56 Å². The van der Waals surface area contributed by atoms with Gasteiger partial charge in [-0.1, -0.05) is 32.9 Å². The zero-order valence-corrected chi connectivity index (χ0v) is 11.9. The van der Waals surface area contributed by atoms with Gasteiger partial charge in [0.2, 0.25) is 5.91 Å². The minimum Gasteiger partial charge on any atom is -0.388 e.